The van der Waals surface area contributed by atoms with Crippen molar-refractivity contribution in [2.75, 3.05) is 13.2 Å². The fourth-order valence-electron chi connectivity index (χ4n) is 8.80. The predicted molar refractivity (Wildman–Crippen MR) is 283 cm³/mol. The molecule has 9 heteroatoms. The number of aromatic nitrogens is 4. The zero-order valence-corrected chi connectivity index (χ0v) is 44.6. The lowest BCUT2D eigenvalue weighted by Crippen LogP contribution is -2.24. The summed E-state index contributed by atoms with van der Waals surface area (Å²) in [4.78, 5) is 18.5. The Morgan fingerprint density at radius 2 is 0.738 bits per heavy atom. The summed E-state index contributed by atoms with van der Waals surface area (Å²) in [5.41, 5.74) is 6.68. The van der Waals surface area contributed by atoms with Gasteiger partial charge in [-0.25, -0.2) is 19.9 Å². The molecular weight excluding hydrogens is 833 g/mol. The van der Waals surface area contributed by atoms with Crippen molar-refractivity contribution < 1.29 is 14.2 Å². The molecule has 65 heavy (non-hydrogen) atoms. The van der Waals surface area contributed by atoms with Crippen LogP contribution in [0.15, 0.2) is 61.2 Å². The van der Waals surface area contributed by atoms with Gasteiger partial charge in [0.15, 0.2) is 0 Å². The van der Waals surface area contributed by atoms with Gasteiger partial charge in [-0.3, -0.25) is 0 Å². The third-order valence-corrected chi connectivity index (χ3v) is 20.1. The maximum Gasteiger partial charge on any atom is 0.316 e. The van der Waals surface area contributed by atoms with Crippen molar-refractivity contribution in [3.05, 3.63) is 72.3 Å². The molecule has 0 bridgehead atoms. The van der Waals surface area contributed by atoms with Crippen molar-refractivity contribution in [3.8, 4) is 45.8 Å². The molecule has 7 nitrogen and oxygen atoms in total. The molecular formula is C56H90N4O3Si2. The minimum Gasteiger partial charge on any atom is -0.463 e. The highest BCUT2D eigenvalue weighted by molar-refractivity contribution is 6.77. The number of ether oxygens (including phenoxy) is 3. The van der Waals surface area contributed by atoms with E-state index in [-0.39, 0.29) is 0 Å². The Hall–Kier alpha value is -3.57. The molecule has 0 fully saturated rings. The van der Waals surface area contributed by atoms with Crippen molar-refractivity contribution in [2.24, 2.45) is 0 Å². The number of aryl methyl sites for hydroxylation is 2. The van der Waals surface area contributed by atoms with Crippen LogP contribution in [0.1, 0.15) is 167 Å². The first-order valence-electron chi connectivity index (χ1n) is 26.4. The second-order valence-electron chi connectivity index (χ2n) is 20.4. The van der Waals surface area contributed by atoms with Crippen LogP contribution in [0.4, 0.5) is 0 Å². The molecule has 0 radical (unpaired) electrons. The number of hydrogen-bond acceptors (Lipinski definition) is 7. The molecule has 4 aromatic rings. The zero-order valence-electron chi connectivity index (χ0n) is 42.6. The molecule has 0 aliphatic carbocycles. The largest absolute Gasteiger partial charge is 0.463 e. The summed E-state index contributed by atoms with van der Waals surface area (Å²) in [6, 6.07) is 19.8. The Morgan fingerprint density at radius 3 is 1.12 bits per heavy atom. The summed E-state index contributed by atoms with van der Waals surface area (Å²) < 4.78 is 18.9. The lowest BCUT2D eigenvalue weighted by atomic mass is 10.00. The first-order chi connectivity index (χ1) is 31.6. The van der Waals surface area contributed by atoms with E-state index in [1.54, 1.807) is 0 Å². The van der Waals surface area contributed by atoms with E-state index in [1.165, 1.54) is 138 Å². The molecule has 2 aromatic heterocycles. The van der Waals surface area contributed by atoms with Gasteiger partial charge in [0.05, 0.1) is 13.2 Å². The van der Waals surface area contributed by atoms with Crippen molar-refractivity contribution in [1.29, 1.82) is 0 Å². The summed E-state index contributed by atoms with van der Waals surface area (Å²) >= 11 is 0. The molecule has 0 N–H and O–H groups in total. The van der Waals surface area contributed by atoms with Gasteiger partial charge in [-0.05, 0) is 85.0 Å². The van der Waals surface area contributed by atoms with E-state index in [2.05, 4.69) is 110 Å². The van der Waals surface area contributed by atoms with Crippen LogP contribution in [-0.4, -0.2) is 49.3 Å². The topological polar surface area (TPSA) is 79.2 Å². The molecule has 0 unspecified atom stereocenters. The van der Waals surface area contributed by atoms with Crippen LogP contribution >= 0.6 is 0 Å². The smallest absolute Gasteiger partial charge is 0.316 e. The average Bonchev–Trinajstić information content (AvgIpc) is 3.31. The van der Waals surface area contributed by atoms with E-state index >= 15 is 0 Å². The molecule has 0 saturated carbocycles. The van der Waals surface area contributed by atoms with E-state index in [4.69, 9.17) is 14.2 Å². The van der Waals surface area contributed by atoms with Gasteiger partial charge in [0.1, 0.15) is 11.5 Å². The lowest BCUT2D eigenvalue weighted by molar-refractivity contribution is 0.281. The highest BCUT2D eigenvalue weighted by Gasteiger charge is 2.21. The first-order valence-corrected chi connectivity index (χ1v) is 33.2. The molecule has 360 valence electrons. The van der Waals surface area contributed by atoms with Crippen LogP contribution in [0.25, 0.3) is 22.3 Å². The Morgan fingerprint density at radius 1 is 0.385 bits per heavy atom. The van der Waals surface area contributed by atoms with Gasteiger partial charge in [0.25, 0.3) is 0 Å². The molecule has 0 aliphatic rings. The Balaban J connectivity index is 1.54. The van der Waals surface area contributed by atoms with E-state index in [0.717, 1.165) is 72.3 Å². The molecule has 4 rings (SSSR count). The Labute approximate surface area is 399 Å². The van der Waals surface area contributed by atoms with E-state index in [1.807, 2.05) is 24.8 Å². The summed E-state index contributed by atoms with van der Waals surface area (Å²) in [7, 11) is -2.38. The third-order valence-electron chi connectivity index (χ3n) is 13.2. The molecule has 0 amide bonds. The van der Waals surface area contributed by atoms with Crippen LogP contribution in [0.3, 0.4) is 0 Å². The number of benzene rings is 2. The van der Waals surface area contributed by atoms with Crippen LogP contribution in [0, 0.1) is 0 Å². The molecule has 2 aromatic carbocycles. The minimum atomic E-state index is -1.19. The highest BCUT2D eigenvalue weighted by atomic mass is 28.3. The molecule has 0 saturated heterocycles. The SMILES string of the molecule is CCCCCCCCOc1ncc(-c2ccc(Oc3ccc(-c4cnc(OCCCCCCCC)nc4)cc3CCCC[Si](C)(C)CCCC)c(CCCC[Si](C)(C)CCCC)c2)cn1. The van der Waals surface area contributed by atoms with Crippen LogP contribution in [0.5, 0.6) is 23.5 Å². The van der Waals surface area contributed by atoms with Crippen LogP contribution in [0.2, 0.25) is 50.4 Å². The van der Waals surface area contributed by atoms with E-state index in [0.29, 0.717) is 25.2 Å². The Kier molecular flexibility index (Phi) is 25.5. The van der Waals surface area contributed by atoms with Gasteiger partial charge >= 0.3 is 12.0 Å². The van der Waals surface area contributed by atoms with Gasteiger partial charge in [0.2, 0.25) is 0 Å². The van der Waals surface area contributed by atoms with Crippen LogP contribution in [-0.2, 0) is 12.8 Å². The van der Waals surface area contributed by atoms with Crippen molar-refractivity contribution in [1.82, 2.24) is 19.9 Å². The van der Waals surface area contributed by atoms with E-state index < -0.39 is 16.1 Å². The number of hydrogen-bond donors (Lipinski definition) is 0. The maximum absolute atomic E-state index is 7.05. The van der Waals surface area contributed by atoms with Crippen molar-refractivity contribution in [2.45, 2.75) is 219 Å². The molecule has 2 heterocycles. The van der Waals surface area contributed by atoms with Gasteiger partial charge < -0.3 is 14.2 Å². The standard InChI is InChI=1S/C56H90N4O3Si2/c1-9-13-17-19-21-25-35-61-55-57-43-51(44-58-55)47-31-33-53(49(41-47)29-23-27-39-64(5,6)37-15-11-3)63-54-34-32-48(42-50(54)30-24-28-40-65(7,8)38-16-12-4)52-45-59-56(60-46-52)62-36-26-22-20-18-14-10-2/h31-34,41-46H,9-30,35-40H2,1-8H3. The number of rotatable bonds is 36. The Bertz CT molecular complexity index is 1730. The predicted octanol–water partition coefficient (Wildman–Crippen LogP) is 17.5. The summed E-state index contributed by atoms with van der Waals surface area (Å²) in [6.45, 7) is 20.8. The molecule has 0 aliphatic heterocycles. The van der Waals surface area contributed by atoms with Crippen molar-refractivity contribution >= 4 is 16.1 Å². The van der Waals surface area contributed by atoms with Gasteiger partial charge in [-0.15, -0.1) is 0 Å². The fraction of sp³-hybridized carbons (Fsp3) is 0.643. The number of unbranched alkanes of at least 4 members (excludes halogenated alkanes) is 14. The quantitative estimate of drug-likeness (QED) is 0.0332. The monoisotopic (exact) mass is 923 g/mol. The zero-order chi connectivity index (χ0) is 46.6. The first kappa shape index (κ1) is 54.0. The second kappa shape index (κ2) is 30.7. The maximum atomic E-state index is 7.05. The van der Waals surface area contributed by atoms with Gasteiger partial charge in [0, 0.05) is 52.1 Å². The molecule has 0 atom stereocenters. The van der Waals surface area contributed by atoms with Gasteiger partial charge in [-0.2, -0.15) is 0 Å². The van der Waals surface area contributed by atoms with Crippen LogP contribution < -0.4 is 14.2 Å². The fourth-order valence-corrected chi connectivity index (χ4v) is 14.3. The third kappa shape index (κ3) is 21.3. The summed E-state index contributed by atoms with van der Waals surface area (Å²) in [5, 5.41) is 0. The second-order valence-corrected chi connectivity index (χ2v) is 31.1. The lowest BCUT2D eigenvalue weighted by Gasteiger charge is -2.22. The average molecular weight is 924 g/mol. The van der Waals surface area contributed by atoms with Gasteiger partial charge in [-0.1, -0.05) is 193 Å². The molecule has 0 spiro atoms. The summed E-state index contributed by atoms with van der Waals surface area (Å²) in [5.74, 6) is 1.88. The minimum absolute atomic E-state index is 0.458. The highest BCUT2D eigenvalue weighted by Crippen LogP contribution is 2.36. The van der Waals surface area contributed by atoms with Crippen molar-refractivity contribution in [3.63, 3.8) is 0 Å². The van der Waals surface area contributed by atoms with E-state index in [9.17, 15) is 0 Å². The normalized spacial score (nSPS) is 11.9. The number of nitrogens with zero attached hydrogens (tertiary/aromatic N) is 4. The summed E-state index contributed by atoms with van der Waals surface area (Å²) in [6.07, 6.45) is 34.4.